The van der Waals surface area contributed by atoms with E-state index in [4.69, 9.17) is 5.11 Å². The third-order valence-corrected chi connectivity index (χ3v) is 2.68. The molecule has 1 aliphatic rings. The van der Waals surface area contributed by atoms with Crippen LogP contribution < -0.4 is 5.32 Å². The van der Waals surface area contributed by atoms with E-state index in [0.29, 0.717) is 18.5 Å². The number of nitrogens with one attached hydrogen (secondary N) is 1. The van der Waals surface area contributed by atoms with Gasteiger partial charge in [0.2, 0.25) is 0 Å². The predicted octanol–water partition coefficient (Wildman–Crippen LogP) is 2.45. The van der Waals surface area contributed by atoms with Crippen molar-refractivity contribution in [2.45, 2.75) is 24.8 Å². The van der Waals surface area contributed by atoms with Crippen molar-refractivity contribution in [1.82, 2.24) is 5.32 Å². The standard InChI is InChI=1S/C11H13F2NO/c12-11(13)6-1-7-14-10(11)8-2-4-9(15)5-3-8/h2-5,10,14-15H,1,6-7H2. The predicted molar refractivity (Wildman–Crippen MR) is 53.0 cm³/mol. The van der Waals surface area contributed by atoms with Crippen molar-refractivity contribution in [2.24, 2.45) is 0 Å². The van der Waals surface area contributed by atoms with Crippen molar-refractivity contribution < 1.29 is 13.9 Å². The Balaban J connectivity index is 2.25. The molecule has 1 atom stereocenters. The van der Waals surface area contributed by atoms with E-state index in [1.807, 2.05) is 0 Å². The lowest BCUT2D eigenvalue weighted by molar-refractivity contribution is -0.0620. The molecule has 0 spiro atoms. The van der Waals surface area contributed by atoms with E-state index in [-0.39, 0.29) is 12.2 Å². The number of aromatic hydroxyl groups is 1. The van der Waals surface area contributed by atoms with Gasteiger partial charge in [0.15, 0.2) is 0 Å². The molecule has 1 aromatic carbocycles. The summed E-state index contributed by atoms with van der Waals surface area (Å²) in [6.45, 7) is 0.612. The molecule has 2 N–H and O–H groups in total. The first-order valence-electron chi connectivity index (χ1n) is 5.00. The number of benzene rings is 1. The SMILES string of the molecule is Oc1ccc(C2NCCCC2(F)F)cc1. The Morgan fingerprint density at radius 2 is 1.93 bits per heavy atom. The topological polar surface area (TPSA) is 32.3 Å². The second-order valence-corrected chi connectivity index (χ2v) is 3.84. The number of phenolic OH excluding ortho intramolecular Hbond substituents is 1. The first kappa shape index (κ1) is 10.4. The zero-order valence-electron chi connectivity index (χ0n) is 8.21. The van der Waals surface area contributed by atoms with Gasteiger partial charge >= 0.3 is 0 Å². The smallest absolute Gasteiger partial charge is 0.267 e. The van der Waals surface area contributed by atoms with Gasteiger partial charge in [-0.05, 0) is 30.7 Å². The molecule has 1 aliphatic heterocycles. The zero-order chi connectivity index (χ0) is 10.9. The third kappa shape index (κ3) is 2.09. The van der Waals surface area contributed by atoms with E-state index in [0.717, 1.165) is 0 Å². The lowest BCUT2D eigenvalue weighted by Crippen LogP contribution is -2.42. The molecule has 0 radical (unpaired) electrons. The molecule has 4 heteroatoms. The van der Waals surface area contributed by atoms with Crippen LogP contribution >= 0.6 is 0 Å². The van der Waals surface area contributed by atoms with Crippen LogP contribution in [-0.2, 0) is 0 Å². The van der Waals surface area contributed by atoms with Gasteiger partial charge in [0, 0.05) is 6.42 Å². The maximum atomic E-state index is 13.5. The van der Waals surface area contributed by atoms with Gasteiger partial charge in [-0.15, -0.1) is 0 Å². The molecule has 1 heterocycles. The monoisotopic (exact) mass is 213 g/mol. The Labute approximate surface area is 86.9 Å². The highest BCUT2D eigenvalue weighted by molar-refractivity contribution is 5.29. The molecule has 0 saturated carbocycles. The van der Waals surface area contributed by atoms with E-state index in [2.05, 4.69) is 5.32 Å². The quantitative estimate of drug-likeness (QED) is 0.751. The highest BCUT2D eigenvalue weighted by atomic mass is 19.3. The molecule has 1 aromatic rings. The summed E-state index contributed by atoms with van der Waals surface area (Å²) in [6.07, 6.45) is 0.424. The first-order chi connectivity index (χ1) is 7.09. The molecule has 2 nitrogen and oxygen atoms in total. The summed E-state index contributed by atoms with van der Waals surface area (Å²) in [7, 11) is 0. The summed E-state index contributed by atoms with van der Waals surface area (Å²) in [5.74, 6) is -2.60. The van der Waals surface area contributed by atoms with Crippen molar-refractivity contribution in [3.05, 3.63) is 29.8 Å². The molecular weight excluding hydrogens is 200 g/mol. The summed E-state index contributed by atoms with van der Waals surface area (Å²) in [4.78, 5) is 0. The molecule has 0 amide bonds. The summed E-state index contributed by atoms with van der Waals surface area (Å²) in [6, 6.07) is 5.01. The maximum absolute atomic E-state index is 13.5. The highest BCUT2D eigenvalue weighted by Gasteiger charge is 2.42. The minimum Gasteiger partial charge on any atom is -0.508 e. The fraction of sp³-hybridized carbons (Fsp3) is 0.455. The second-order valence-electron chi connectivity index (χ2n) is 3.84. The van der Waals surface area contributed by atoms with Crippen LogP contribution in [0.1, 0.15) is 24.4 Å². The van der Waals surface area contributed by atoms with E-state index in [9.17, 15) is 8.78 Å². The van der Waals surface area contributed by atoms with E-state index in [1.165, 1.54) is 24.3 Å². The highest BCUT2D eigenvalue weighted by Crippen LogP contribution is 2.38. The van der Waals surface area contributed by atoms with Crippen LogP contribution in [0.4, 0.5) is 8.78 Å². The van der Waals surface area contributed by atoms with E-state index in [1.54, 1.807) is 0 Å². The second kappa shape index (κ2) is 3.77. The molecule has 0 aromatic heterocycles. The van der Waals surface area contributed by atoms with Gasteiger partial charge in [-0.1, -0.05) is 12.1 Å². The largest absolute Gasteiger partial charge is 0.508 e. The average Bonchev–Trinajstić information content (AvgIpc) is 2.19. The van der Waals surface area contributed by atoms with Crippen LogP contribution in [0, 0.1) is 0 Å². The van der Waals surface area contributed by atoms with Crippen LogP contribution in [0.25, 0.3) is 0 Å². The van der Waals surface area contributed by atoms with Crippen LogP contribution in [-0.4, -0.2) is 17.6 Å². The maximum Gasteiger partial charge on any atom is 0.267 e. The minimum absolute atomic E-state index is 0.0778. The van der Waals surface area contributed by atoms with Crippen LogP contribution in [0.15, 0.2) is 24.3 Å². The molecule has 0 aliphatic carbocycles. The summed E-state index contributed by atoms with van der Waals surface area (Å²) < 4.78 is 27.1. The van der Waals surface area contributed by atoms with E-state index < -0.39 is 12.0 Å². The number of phenols is 1. The van der Waals surface area contributed by atoms with Crippen molar-refractivity contribution >= 4 is 0 Å². The van der Waals surface area contributed by atoms with Crippen LogP contribution in [0.2, 0.25) is 0 Å². The van der Waals surface area contributed by atoms with Gasteiger partial charge in [-0.25, -0.2) is 8.78 Å². The van der Waals surface area contributed by atoms with Crippen molar-refractivity contribution in [3.8, 4) is 5.75 Å². The van der Waals surface area contributed by atoms with Gasteiger partial charge in [-0.2, -0.15) is 0 Å². The molecule has 15 heavy (non-hydrogen) atoms. The Morgan fingerprint density at radius 1 is 1.27 bits per heavy atom. The number of piperidine rings is 1. The van der Waals surface area contributed by atoms with Gasteiger partial charge in [-0.3, -0.25) is 0 Å². The Kier molecular flexibility index (Phi) is 2.61. The average molecular weight is 213 g/mol. The summed E-state index contributed by atoms with van der Waals surface area (Å²) in [5, 5.41) is 11.9. The number of hydrogen-bond acceptors (Lipinski definition) is 2. The van der Waals surface area contributed by atoms with Crippen LogP contribution in [0.5, 0.6) is 5.75 Å². The van der Waals surface area contributed by atoms with Crippen molar-refractivity contribution in [3.63, 3.8) is 0 Å². The third-order valence-electron chi connectivity index (χ3n) is 2.68. The van der Waals surface area contributed by atoms with Crippen molar-refractivity contribution in [1.29, 1.82) is 0 Å². The summed E-state index contributed by atoms with van der Waals surface area (Å²) >= 11 is 0. The summed E-state index contributed by atoms with van der Waals surface area (Å²) in [5.41, 5.74) is 0.525. The molecule has 2 rings (SSSR count). The van der Waals surface area contributed by atoms with Gasteiger partial charge in [0.1, 0.15) is 5.75 Å². The fourth-order valence-electron chi connectivity index (χ4n) is 1.89. The minimum atomic E-state index is -2.70. The van der Waals surface area contributed by atoms with Crippen LogP contribution in [0.3, 0.4) is 0 Å². The normalized spacial score (nSPS) is 25.1. The van der Waals surface area contributed by atoms with Gasteiger partial charge in [0.25, 0.3) is 5.92 Å². The zero-order valence-corrected chi connectivity index (χ0v) is 8.21. The van der Waals surface area contributed by atoms with E-state index >= 15 is 0 Å². The molecule has 0 bridgehead atoms. The number of rotatable bonds is 1. The van der Waals surface area contributed by atoms with Crippen molar-refractivity contribution in [2.75, 3.05) is 6.54 Å². The number of hydrogen-bond donors (Lipinski definition) is 2. The fourth-order valence-corrected chi connectivity index (χ4v) is 1.89. The Morgan fingerprint density at radius 3 is 2.53 bits per heavy atom. The molecular formula is C11H13F2NO. The number of alkyl halides is 2. The Bertz CT molecular complexity index is 337. The molecule has 1 saturated heterocycles. The lowest BCUT2D eigenvalue weighted by atomic mass is 9.93. The van der Waals surface area contributed by atoms with Gasteiger partial charge < -0.3 is 10.4 Å². The first-order valence-corrected chi connectivity index (χ1v) is 5.00. The molecule has 1 fully saturated rings. The molecule has 82 valence electrons. The Hall–Kier alpha value is -1.16. The van der Waals surface area contributed by atoms with Gasteiger partial charge in [0.05, 0.1) is 6.04 Å². The molecule has 1 unspecified atom stereocenters. The number of halogens is 2. The lowest BCUT2D eigenvalue weighted by Gasteiger charge is -2.32.